The molecule has 1 saturated carbocycles. The highest BCUT2D eigenvalue weighted by Gasteiger charge is 2.15. The predicted molar refractivity (Wildman–Crippen MR) is 139 cm³/mol. The van der Waals surface area contributed by atoms with Crippen LogP contribution in [0.15, 0.2) is 60.7 Å². The quantitative estimate of drug-likeness (QED) is 0.365. The van der Waals surface area contributed by atoms with Crippen LogP contribution in [-0.4, -0.2) is 43.7 Å². The Morgan fingerprint density at radius 1 is 1.14 bits per heavy atom. The summed E-state index contributed by atoms with van der Waals surface area (Å²) in [4.78, 5) is 21.6. The number of aldehydes is 1. The van der Waals surface area contributed by atoms with Crippen molar-refractivity contribution >= 4 is 12.2 Å². The normalized spacial score (nSPS) is 18.6. The third-order valence-electron chi connectivity index (χ3n) is 4.96. The van der Waals surface area contributed by atoms with Crippen LogP contribution in [0.3, 0.4) is 0 Å². The minimum atomic E-state index is -0.730. The molecular formula is C28H39F2N3O3. The van der Waals surface area contributed by atoms with Crippen LogP contribution in [0.2, 0.25) is 0 Å². The Kier molecular flexibility index (Phi) is 15.1. The molecule has 2 aliphatic rings. The average molecular weight is 504 g/mol. The fourth-order valence-electron chi connectivity index (χ4n) is 2.95. The lowest BCUT2D eigenvalue weighted by molar-refractivity contribution is -0.123. The molecule has 198 valence electrons. The second-order valence-corrected chi connectivity index (χ2v) is 8.86. The highest BCUT2D eigenvalue weighted by molar-refractivity contribution is 5.81. The lowest BCUT2D eigenvalue weighted by Gasteiger charge is -2.23. The zero-order valence-corrected chi connectivity index (χ0v) is 21.5. The number of carbonyl (C=O) groups excluding carboxylic acids is 2. The van der Waals surface area contributed by atoms with E-state index in [4.69, 9.17) is 0 Å². The van der Waals surface area contributed by atoms with Crippen molar-refractivity contribution in [2.45, 2.75) is 57.8 Å². The summed E-state index contributed by atoms with van der Waals surface area (Å²) in [6.45, 7) is 3.79. The number of benzene rings is 2. The number of carbonyl (C=O) groups is 2. The molecule has 4 N–H and O–H groups in total. The predicted octanol–water partition coefficient (Wildman–Crippen LogP) is 4.06. The number of hydrogen-bond acceptors (Lipinski definition) is 5. The van der Waals surface area contributed by atoms with E-state index in [1.54, 1.807) is 0 Å². The summed E-state index contributed by atoms with van der Waals surface area (Å²) in [5.74, 6) is -0.831. The van der Waals surface area contributed by atoms with E-state index in [-0.39, 0.29) is 18.0 Å². The number of amides is 1. The van der Waals surface area contributed by atoms with Gasteiger partial charge in [-0.2, -0.15) is 0 Å². The Hall–Kier alpha value is -2.94. The third kappa shape index (κ3) is 14.5. The third-order valence-corrected chi connectivity index (χ3v) is 4.96. The minimum Gasteiger partial charge on any atom is -0.378 e. The Balaban J connectivity index is 0.000000287. The van der Waals surface area contributed by atoms with Crippen molar-refractivity contribution in [3.63, 3.8) is 0 Å². The van der Waals surface area contributed by atoms with E-state index in [0.29, 0.717) is 12.7 Å². The Morgan fingerprint density at radius 3 is 2.17 bits per heavy atom. The number of halogens is 2. The summed E-state index contributed by atoms with van der Waals surface area (Å²) in [7, 11) is 3.75. The molecule has 1 aliphatic heterocycles. The largest absolute Gasteiger partial charge is 0.378 e. The molecule has 2 aromatic rings. The second kappa shape index (κ2) is 17.5. The van der Waals surface area contributed by atoms with Gasteiger partial charge in [0, 0.05) is 12.5 Å². The highest BCUT2D eigenvalue weighted by atomic mass is 19.1. The van der Waals surface area contributed by atoms with Gasteiger partial charge in [0.05, 0.1) is 18.5 Å². The summed E-state index contributed by atoms with van der Waals surface area (Å²) in [6, 6.07) is 12.6. The van der Waals surface area contributed by atoms with Gasteiger partial charge in [0.1, 0.15) is 24.1 Å². The van der Waals surface area contributed by atoms with Gasteiger partial charge < -0.3 is 20.5 Å². The molecular weight excluding hydrogens is 464 g/mol. The fourth-order valence-corrected chi connectivity index (χ4v) is 2.95. The number of hydrogen-bond donors (Lipinski definition) is 4. The van der Waals surface area contributed by atoms with Gasteiger partial charge in [-0.05, 0) is 50.2 Å². The van der Waals surface area contributed by atoms with Gasteiger partial charge in [-0.25, -0.2) is 8.78 Å². The van der Waals surface area contributed by atoms with Crippen LogP contribution in [0.5, 0.6) is 0 Å². The van der Waals surface area contributed by atoms with Crippen LogP contribution >= 0.6 is 0 Å². The van der Waals surface area contributed by atoms with Crippen LogP contribution in [0.4, 0.5) is 8.78 Å². The molecule has 0 saturated heterocycles. The molecule has 3 unspecified atom stereocenters. The van der Waals surface area contributed by atoms with E-state index in [2.05, 4.69) is 41.1 Å². The SMILES string of the molecule is CC(C=O)NC(=O)Cc1cc(F)cc(F)c1.CC1CC1.CNC.OC1CC=CC(c2ccccc2)N1. The van der Waals surface area contributed by atoms with Crippen molar-refractivity contribution in [3.8, 4) is 0 Å². The van der Waals surface area contributed by atoms with Gasteiger partial charge in [-0.15, -0.1) is 0 Å². The van der Waals surface area contributed by atoms with Gasteiger partial charge in [0.25, 0.3) is 0 Å². The van der Waals surface area contributed by atoms with Gasteiger partial charge in [-0.3, -0.25) is 10.1 Å². The first-order valence-corrected chi connectivity index (χ1v) is 12.1. The molecule has 4 rings (SSSR count). The first-order chi connectivity index (χ1) is 17.2. The van der Waals surface area contributed by atoms with Crippen molar-refractivity contribution in [2.75, 3.05) is 14.1 Å². The lowest BCUT2D eigenvalue weighted by Crippen LogP contribution is -2.34. The van der Waals surface area contributed by atoms with Crippen molar-refractivity contribution in [1.82, 2.24) is 16.0 Å². The van der Waals surface area contributed by atoms with Crippen molar-refractivity contribution < 1.29 is 23.5 Å². The molecule has 3 atom stereocenters. The topological polar surface area (TPSA) is 90.5 Å². The number of nitrogens with one attached hydrogen (secondary N) is 3. The first-order valence-electron chi connectivity index (χ1n) is 12.1. The Labute approximate surface area is 213 Å². The summed E-state index contributed by atoms with van der Waals surface area (Å²) >= 11 is 0. The van der Waals surface area contributed by atoms with E-state index >= 15 is 0 Å². The zero-order valence-electron chi connectivity index (χ0n) is 21.5. The molecule has 1 aliphatic carbocycles. The molecule has 1 heterocycles. The average Bonchev–Trinajstić information content (AvgIpc) is 3.62. The van der Waals surface area contributed by atoms with Crippen LogP contribution in [-0.2, 0) is 16.0 Å². The maximum atomic E-state index is 12.8. The molecule has 1 fully saturated rings. The lowest BCUT2D eigenvalue weighted by atomic mass is 10.0. The molecule has 1 amide bonds. The standard InChI is InChI=1S/C11H11F2NO2.C11H13NO.C4H8.C2H7N/c1-7(6-15)14-11(16)4-8-2-9(12)5-10(13)3-8;13-11-8-4-7-10(12-11)9-5-2-1-3-6-9;1-4-2-3-4;1-3-2/h2-3,5-7H,4H2,1H3,(H,14,16);1-7,10-13H,8H2;4H,2-3H2,1H3;3H,1-2H3. The minimum absolute atomic E-state index is 0.157. The smallest absolute Gasteiger partial charge is 0.224 e. The van der Waals surface area contributed by atoms with E-state index in [9.17, 15) is 23.5 Å². The molecule has 0 spiro atoms. The summed E-state index contributed by atoms with van der Waals surface area (Å²) in [5, 5.41) is 17.6. The molecule has 6 nitrogen and oxygen atoms in total. The van der Waals surface area contributed by atoms with Crippen molar-refractivity contribution in [2.24, 2.45) is 5.92 Å². The van der Waals surface area contributed by atoms with Crippen molar-refractivity contribution in [3.05, 3.63) is 83.4 Å². The molecule has 0 aromatic heterocycles. The van der Waals surface area contributed by atoms with Crippen LogP contribution in [0.25, 0.3) is 0 Å². The summed E-state index contributed by atoms with van der Waals surface area (Å²) in [6.07, 6.45) is 7.77. The second-order valence-electron chi connectivity index (χ2n) is 8.86. The van der Waals surface area contributed by atoms with Crippen molar-refractivity contribution in [1.29, 1.82) is 0 Å². The van der Waals surface area contributed by atoms with E-state index < -0.39 is 29.8 Å². The van der Waals surface area contributed by atoms with Crippen LogP contribution in [0.1, 0.15) is 50.3 Å². The van der Waals surface area contributed by atoms with E-state index in [1.165, 1.54) is 25.3 Å². The van der Waals surface area contributed by atoms with Crippen LogP contribution in [0, 0.1) is 17.6 Å². The highest BCUT2D eigenvalue weighted by Crippen LogP contribution is 2.26. The van der Waals surface area contributed by atoms with Crippen LogP contribution < -0.4 is 16.0 Å². The van der Waals surface area contributed by atoms with E-state index in [1.807, 2.05) is 38.4 Å². The Morgan fingerprint density at radius 2 is 1.69 bits per heavy atom. The molecule has 36 heavy (non-hydrogen) atoms. The molecule has 0 bridgehead atoms. The van der Waals surface area contributed by atoms with E-state index in [0.717, 1.165) is 24.1 Å². The maximum Gasteiger partial charge on any atom is 0.224 e. The van der Waals surface area contributed by atoms with Gasteiger partial charge in [0.15, 0.2) is 0 Å². The zero-order chi connectivity index (χ0) is 26.9. The summed E-state index contributed by atoms with van der Waals surface area (Å²) in [5.41, 5.74) is 1.42. The molecule has 0 radical (unpaired) electrons. The Bertz CT molecular complexity index is 917. The summed E-state index contributed by atoms with van der Waals surface area (Å²) < 4.78 is 25.6. The number of aliphatic hydroxyl groups excluding tert-OH is 1. The monoisotopic (exact) mass is 503 g/mol. The fraction of sp³-hybridized carbons (Fsp3) is 0.429. The molecule has 8 heteroatoms. The number of rotatable bonds is 5. The van der Waals surface area contributed by atoms with Gasteiger partial charge in [-0.1, -0.05) is 62.2 Å². The molecule has 2 aromatic carbocycles. The maximum absolute atomic E-state index is 12.8. The van der Waals surface area contributed by atoms with Gasteiger partial charge >= 0.3 is 0 Å². The van der Waals surface area contributed by atoms with Gasteiger partial charge in [0.2, 0.25) is 5.91 Å². The first kappa shape index (κ1) is 31.1. The number of aliphatic hydroxyl groups is 1.